The van der Waals surface area contributed by atoms with Crippen LogP contribution in [-0.2, 0) is 6.42 Å². The van der Waals surface area contributed by atoms with E-state index in [9.17, 15) is 5.11 Å². The van der Waals surface area contributed by atoms with E-state index < -0.39 is 7.04 Å². The Morgan fingerprint density at radius 2 is 2.04 bits per heavy atom. The van der Waals surface area contributed by atoms with Gasteiger partial charge in [-0.1, -0.05) is 20.8 Å². The molecule has 3 atom stereocenters. The highest BCUT2D eigenvalue weighted by molar-refractivity contribution is 5.49. The topological polar surface area (TPSA) is 41.9 Å². The van der Waals surface area contributed by atoms with Gasteiger partial charge in [0, 0.05) is 19.1 Å². The number of ether oxygens (including phenoxy) is 2. The summed E-state index contributed by atoms with van der Waals surface area (Å²) >= 11 is 0. The largest absolute Gasteiger partial charge is 0.493 e. The van der Waals surface area contributed by atoms with Gasteiger partial charge in [0.2, 0.25) is 0 Å². The third kappa shape index (κ3) is 3.40. The molecule has 0 spiro atoms. The summed E-state index contributed by atoms with van der Waals surface area (Å²) in [6.07, 6.45) is 2.20. The summed E-state index contributed by atoms with van der Waals surface area (Å²) in [5, 5.41) is 10.8. The molecule has 3 unspecified atom stereocenters. The Bertz CT molecular complexity index is 684. The van der Waals surface area contributed by atoms with Gasteiger partial charge in [0.05, 0.1) is 24.4 Å². The molecule has 2 heterocycles. The molecule has 0 saturated carbocycles. The number of methoxy groups -OCH3 is 2. The molecule has 0 aliphatic carbocycles. The third-order valence-electron chi connectivity index (χ3n) is 5.36. The minimum atomic E-state index is -2.51. The Morgan fingerprint density at radius 1 is 1.29 bits per heavy atom. The van der Waals surface area contributed by atoms with Crippen LogP contribution in [0.15, 0.2) is 12.1 Å². The minimum absolute atomic E-state index is 0.135. The van der Waals surface area contributed by atoms with E-state index in [0.29, 0.717) is 12.2 Å². The Labute approximate surface area is 150 Å². The van der Waals surface area contributed by atoms with Crippen LogP contribution in [0.2, 0.25) is 0 Å². The van der Waals surface area contributed by atoms with Gasteiger partial charge in [-0.2, -0.15) is 0 Å². The average molecular weight is 336 g/mol. The van der Waals surface area contributed by atoms with Gasteiger partial charge in [-0.05, 0) is 53.9 Å². The number of nitrogens with zero attached hydrogens (tertiary/aromatic N) is 1. The first-order valence-electron chi connectivity index (χ1n) is 10.3. The molecule has 4 nitrogen and oxygen atoms in total. The fourth-order valence-electron chi connectivity index (χ4n) is 4.33. The fourth-order valence-corrected chi connectivity index (χ4v) is 4.33. The van der Waals surface area contributed by atoms with Crippen molar-refractivity contribution in [3.63, 3.8) is 0 Å². The molecule has 1 aromatic rings. The van der Waals surface area contributed by atoms with Crippen LogP contribution in [-0.4, -0.2) is 43.3 Å². The van der Waals surface area contributed by atoms with E-state index in [1.165, 1.54) is 7.11 Å². The molecule has 0 radical (unpaired) electrons. The number of rotatable bonds is 3. The van der Waals surface area contributed by atoms with Crippen LogP contribution in [0, 0.1) is 11.3 Å². The second kappa shape index (κ2) is 6.57. The van der Waals surface area contributed by atoms with E-state index in [1.807, 2.05) is 6.07 Å². The Morgan fingerprint density at radius 3 is 2.71 bits per heavy atom. The van der Waals surface area contributed by atoms with Crippen molar-refractivity contribution in [3.8, 4) is 11.5 Å². The molecule has 2 aliphatic heterocycles. The van der Waals surface area contributed by atoms with Gasteiger partial charge >= 0.3 is 0 Å². The molecule has 24 heavy (non-hydrogen) atoms. The quantitative estimate of drug-likeness (QED) is 0.918. The molecule has 3 rings (SSSR count). The van der Waals surface area contributed by atoms with Gasteiger partial charge in [0.15, 0.2) is 11.5 Å². The molecule has 0 bridgehead atoms. The number of benzene rings is 1. The summed E-state index contributed by atoms with van der Waals surface area (Å²) < 4.78 is 32.6. The zero-order valence-electron chi connectivity index (χ0n) is 18.1. The van der Waals surface area contributed by atoms with E-state index in [0.717, 1.165) is 37.1 Å². The number of aliphatic hydroxyl groups is 1. The lowest BCUT2D eigenvalue weighted by Gasteiger charge is -2.47. The fraction of sp³-hybridized carbons (Fsp3) is 0.700. The van der Waals surface area contributed by atoms with Crippen molar-refractivity contribution in [1.82, 2.24) is 4.90 Å². The Hall–Kier alpha value is -1.26. The second-order valence-electron chi connectivity index (χ2n) is 8.39. The minimum Gasteiger partial charge on any atom is -0.493 e. The summed E-state index contributed by atoms with van der Waals surface area (Å²) in [5.74, 6) is 0.965. The number of hydrogen-bond acceptors (Lipinski definition) is 4. The van der Waals surface area contributed by atoms with Crippen molar-refractivity contribution in [2.45, 2.75) is 52.2 Å². The Kier molecular flexibility index (Phi) is 3.82. The maximum atomic E-state index is 10.8. The number of piperidine rings is 1. The highest BCUT2D eigenvalue weighted by Gasteiger charge is 2.39. The van der Waals surface area contributed by atoms with E-state index in [1.54, 1.807) is 6.07 Å². The predicted octanol–water partition coefficient (Wildman–Crippen LogP) is 3.42. The number of aliphatic hydroxyl groups excluding tert-OH is 1. The standard InChI is InChI=1S/C20H31NO3/c1-20(2,3)11-14-12-21-7-6-13-8-18(23-4)19(24-5)9-15(13)16(21)10-17(14)22/h8-9,14,16-17,22H,6-7,10-12H2,1-5H3/i4D3. The van der Waals surface area contributed by atoms with Crippen molar-refractivity contribution in [2.24, 2.45) is 11.3 Å². The average Bonchev–Trinajstić information content (AvgIpc) is 2.52. The van der Waals surface area contributed by atoms with Gasteiger partial charge in [0.1, 0.15) is 0 Å². The lowest BCUT2D eigenvalue weighted by atomic mass is 9.75. The third-order valence-corrected chi connectivity index (χ3v) is 5.36. The molecule has 4 heteroatoms. The number of fused-ring (bicyclic) bond motifs is 3. The molecule has 1 saturated heterocycles. The highest BCUT2D eigenvalue weighted by atomic mass is 16.5. The maximum Gasteiger partial charge on any atom is 0.161 e. The van der Waals surface area contributed by atoms with Crippen LogP contribution in [0.5, 0.6) is 11.5 Å². The van der Waals surface area contributed by atoms with Crippen molar-refractivity contribution < 1.29 is 18.7 Å². The van der Waals surface area contributed by atoms with Crippen LogP contribution in [0.3, 0.4) is 0 Å². The molecular formula is C20H31NO3. The van der Waals surface area contributed by atoms with Gasteiger partial charge in [-0.15, -0.1) is 0 Å². The summed E-state index contributed by atoms with van der Waals surface area (Å²) in [5.41, 5.74) is 2.39. The van der Waals surface area contributed by atoms with E-state index in [4.69, 9.17) is 13.6 Å². The lowest BCUT2D eigenvalue weighted by Crippen LogP contribution is -2.48. The molecule has 134 valence electrons. The SMILES string of the molecule is [2H]C([2H])([2H])Oc1cc2c(cc1OC)C1CC(O)C(CC(C)(C)C)CN1CC2. The maximum absolute atomic E-state index is 10.8. The van der Waals surface area contributed by atoms with Crippen molar-refractivity contribution >= 4 is 0 Å². The van der Waals surface area contributed by atoms with E-state index in [2.05, 4.69) is 25.7 Å². The van der Waals surface area contributed by atoms with Crippen LogP contribution in [0.25, 0.3) is 0 Å². The van der Waals surface area contributed by atoms with Crippen LogP contribution < -0.4 is 9.47 Å². The molecular weight excluding hydrogens is 302 g/mol. The van der Waals surface area contributed by atoms with E-state index >= 15 is 0 Å². The summed E-state index contributed by atoms with van der Waals surface area (Å²) in [4.78, 5) is 2.45. The first-order chi connectivity index (χ1) is 12.5. The zero-order valence-corrected chi connectivity index (χ0v) is 15.1. The first-order valence-corrected chi connectivity index (χ1v) is 8.79. The molecule has 1 fully saturated rings. The van der Waals surface area contributed by atoms with Gasteiger partial charge in [0.25, 0.3) is 0 Å². The smallest absolute Gasteiger partial charge is 0.161 e. The summed E-state index contributed by atoms with van der Waals surface area (Å²) in [6, 6.07) is 3.82. The normalized spacial score (nSPS) is 29.7. The second-order valence-corrected chi connectivity index (χ2v) is 8.39. The monoisotopic (exact) mass is 336 g/mol. The lowest BCUT2D eigenvalue weighted by molar-refractivity contribution is -0.0259. The van der Waals surface area contributed by atoms with Gasteiger partial charge < -0.3 is 14.6 Å². The number of hydrogen-bond donors (Lipinski definition) is 1. The highest BCUT2D eigenvalue weighted by Crippen LogP contribution is 2.44. The summed E-state index contributed by atoms with van der Waals surface area (Å²) in [7, 11) is -0.993. The van der Waals surface area contributed by atoms with Crippen molar-refractivity contribution in [2.75, 3.05) is 27.2 Å². The van der Waals surface area contributed by atoms with Crippen molar-refractivity contribution in [1.29, 1.82) is 0 Å². The van der Waals surface area contributed by atoms with Gasteiger partial charge in [-0.3, -0.25) is 4.90 Å². The van der Waals surface area contributed by atoms with Crippen LogP contribution >= 0.6 is 0 Å². The first kappa shape index (κ1) is 14.0. The molecule has 2 aliphatic rings. The predicted molar refractivity (Wildman–Crippen MR) is 95.7 cm³/mol. The zero-order chi connectivity index (χ0) is 20.0. The molecule has 1 aromatic carbocycles. The van der Waals surface area contributed by atoms with Crippen molar-refractivity contribution in [3.05, 3.63) is 23.3 Å². The van der Waals surface area contributed by atoms with Crippen LogP contribution in [0.1, 0.15) is 54.9 Å². The summed E-state index contributed by atoms with van der Waals surface area (Å²) in [6.45, 7) is 8.45. The van der Waals surface area contributed by atoms with E-state index in [-0.39, 0.29) is 29.2 Å². The molecule has 0 aromatic heterocycles. The molecule has 1 N–H and O–H groups in total. The van der Waals surface area contributed by atoms with Gasteiger partial charge in [-0.25, -0.2) is 0 Å². The van der Waals surface area contributed by atoms with Crippen LogP contribution in [0.4, 0.5) is 0 Å². The Balaban J connectivity index is 1.86. The molecule has 0 amide bonds.